The molecule has 0 aromatic heterocycles. The first-order valence-corrected chi connectivity index (χ1v) is 4.99. The molecule has 3 N–H and O–H groups in total. The molecule has 1 aromatic carbocycles. The molecule has 0 spiro atoms. The van der Waals surface area contributed by atoms with Gasteiger partial charge in [-0.1, -0.05) is 12.0 Å². The maximum atomic E-state index is 13.4. The number of halogens is 1. The number of carbonyl (C=O) groups excluding carboxylic acids is 1. The fourth-order valence-electron chi connectivity index (χ4n) is 1.13. The van der Waals surface area contributed by atoms with E-state index in [-0.39, 0.29) is 25.4 Å². The van der Waals surface area contributed by atoms with Gasteiger partial charge in [-0.25, -0.2) is 4.39 Å². The smallest absolute Gasteiger partial charge is 0.258 e. The Morgan fingerprint density at radius 1 is 1.59 bits per heavy atom. The van der Waals surface area contributed by atoms with E-state index in [2.05, 4.69) is 11.2 Å². The Morgan fingerprint density at radius 2 is 2.35 bits per heavy atom. The highest BCUT2D eigenvalue weighted by molar-refractivity contribution is 5.77. The van der Waals surface area contributed by atoms with E-state index in [1.807, 2.05) is 0 Å². The number of terminal acetylenes is 1. The molecule has 0 aliphatic rings. The summed E-state index contributed by atoms with van der Waals surface area (Å²) in [4.78, 5) is 11.1. The van der Waals surface area contributed by atoms with E-state index in [1.165, 1.54) is 12.1 Å². The molecule has 0 saturated heterocycles. The fraction of sp³-hybridized carbons (Fsp3) is 0.250. The first kappa shape index (κ1) is 13.0. The van der Waals surface area contributed by atoms with Crippen LogP contribution in [-0.2, 0) is 11.3 Å². The Morgan fingerprint density at radius 3 is 2.94 bits per heavy atom. The molecule has 0 aliphatic carbocycles. The second kappa shape index (κ2) is 6.51. The van der Waals surface area contributed by atoms with E-state index in [9.17, 15) is 9.18 Å². The molecule has 0 fully saturated rings. The van der Waals surface area contributed by atoms with Crippen LogP contribution in [0.25, 0.3) is 0 Å². The molecule has 0 heterocycles. The average Bonchev–Trinajstić information content (AvgIpc) is 2.34. The van der Waals surface area contributed by atoms with Gasteiger partial charge in [0.05, 0.1) is 6.54 Å². The normalized spacial score (nSPS) is 9.47. The van der Waals surface area contributed by atoms with Crippen molar-refractivity contribution in [3.8, 4) is 18.1 Å². The van der Waals surface area contributed by atoms with Crippen LogP contribution in [-0.4, -0.2) is 19.1 Å². The third-order valence-electron chi connectivity index (χ3n) is 1.98. The number of benzene rings is 1. The molecule has 0 saturated carbocycles. The van der Waals surface area contributed by atoms with Gasteiger partial charge in [-0.15, -0.1) is 6.42 Å². The average molecular weight is 236 g/mol. The molecule has 0 aliphatic heterocycles. The standard InChI is InChI=1S/C12H13FN2O2/c1-2-5-15-12(16)8-17-11-4-3-9(7-14)6-10(11)13/h1,3-4,6H,5,7-8,14H2,(H,15,16). The van der Waals surface area contributed by atoms with Crippen LogP contribution in [0.15, 0.2) is 18.2 Å². The molecule has 1 rings (SSSR count). The lowest BCUT2D eigenvalue weighted by Gasteiger charge is -2.07. The van der Waals surface area contributed by atoms with Crippen molar-refractivity contribution in [3.63, 3.8) is 0 Å². The van der Waals surface area contributed by atoms with Gasteiger partial charge in [0.25, 0.3) is 5.91 Å². The number of rotatable bonds is 5. The Balaban J connectivity index is 2.52. The monoisotopic (exact) mass is 236 g/mol. The van der Waals surface area contributed by atoms with Crippen molar-refractivity contribution < 1.29 is 13.9 Å². The lowest BCUT2D eigenvalue weighted by atomic mass is 10.2. The van der Waals surface area contributed by atoms with Crippen LogP contribution >= 0.6 is 0 Å². The third-order valence-corrected chi connectivity index (χ3v) is 1.98. The van der Waals surface area contributed by atoms with Crippen molar-refractivity contribution in [2.75, 3.05) is 13.2 Å². The van der Waals surface area contributed by atoms with Gasteiger partial charge >= 0.3 is 0 Å². The van der Waals surface area contributed by atoms with E-state index in [0.717, 1.165) is 0 Å². The topological polar surface area (TPSA) is 64.3 Å². The number of nitrogens with two attached hydrogens (primary N) is 1. The highest BCUT2D eigenvalue weighted by Crippen LogP contribution is 2.17. The van der Waals surface area contributed by atoms with Gasteiger partial charge < -0.3 is 15.8 Å². The second-order valence-electron chi connectivity index (χ2n) is 3.24. The van der Waals surface area contributed by atoms with Crippen LogP contribution in [0.4, 0.5) is 4.39 Å². The maximum absolute atomic E-state index is 13.4. The van der Waals surface area contributed by atoms with Gasteiger partial charge in [0.2, 0.25) is 0 Å². The molecule has 1 amide bonds. The molecule has 0 atom stereocenters. The Kier molecular flexibility index (Phi) is 4.98. The zero-order valence-corrected chi connectivity index (χ0v) is 9.20. The molecule has 0 unspecified atom stereocenters. The minimum atomic E-state index is -0.544. The quantitative estimate of drug-likeness (QED) is 0.728. The van der Waals surface area contributed by atoms with Crippen molar-refractivity contribution >= 4 is 5.91 Å². The van der Waals surface area contributed by atoms with E-state index in [1.54, 1.807) is 6.07 Å². The number of amides is 1. The van der Waals surface area contributed by atoms with Gasteiger partial charge in [0.15, 0.2) is 18.2 Å². The van der Waals surface area contributed by atoms with Crippen LogP contribution < -0.4 is 15.8 Å². The molecule has 17 heavy (non-hydrogen) atoms. The lowest BCUT2D eigenvalue weighted by Crippen LogP contribution is -2.29. The number of hydrogen-bond donors (Lipinski definition) is 2. The van der Waals surface area contributed by atoms with Gasteiger partial charge in [0, 0.05) is 6.54 Å². The number of ether oxygens (including phenoxy) is 1. The highest BCUT2D eigenvalue weighted by atomic mass is 19.1. The third kappa shape index (κ3) is 4.13. The van der Waals surface area contributed by atoms with Crippen LogP contribution in [0.2, 0.25) is 0 Å². The molecule has 4 nitrogen and oxygen atoms in total. The minimum absolute atomic E-state index is 0.0121. The lowest BCUT2D eigenvalue weighted by molar-refractivity contribution is -0.122. The maximum Gasteiger partial charge on any atom is 0.258 e. The van der Waals surface area contributed by atoms with Gasteiger partial charge in [0.1, 0.15) is 0 Å². The Hall–Kier alpha value is -2.06. The molecule has 0 bridgehead atoms. The molecule has 90 valence electrons. The zero-order chi connectivity index (χ0) is 12.7. The van der Waals surface area contributed by atoms with Crippen LogP contribution in [0.5, 0.6) is 5.75 Å². The SMILES string of the molecule is C#CCNC(=O)COc1ccc(CN)cc1F. The summed E-state index contributed by atoms with van der Waals surface area (Å²) in [5.74, 6) is 1.32. The van der Waals surface area contributed by atoms with Crippen LogP contribution in [0.1, 0.15) is 5.56 Å². The van der Waals surface area contributed by atoms with E-state index < -0.39 is 11.7 Å². The summed E-state index contributed by atoms with van der Waals surface area (Å²) < 4.78 is 18.4. The van der Waals surface area contributed by atoms with E-state index in [4.69, 9.17) is 16.9 Å². The summed E-state index contributed by atoms with van der Waals surface area (Å²) in [5, 5.41) is 2.40. The number of hydrogen-bond acceptors (Lipinski definition) is 3. The molecule has 1 aromatic rings. The number of carbonyl (C=O) groups is 1. The Bertz CT molecular complexity index is 441. The fourth-order valence-corrected chi connectivity index (χ4v) is 1.13. The van der Waals surface area contributed by atoms with Crippen molar-refractivity contribution in [3.05, 3.63) is 29.6 Å². The molecule has 5 heteroatoms. The van der Waals surface area contributed by atoms with Gasteiger partial charge in [-0.2, -0.15) is 0 Å². The van der Waals surface area contributed by atoms with Gasteiger partial charge in [-0.3, -0.25) is 4.79 Å². The molecule has 0 radical (unpaired) electrons. The first-order chi connectivity index (χ1) is 8.17. The van der Waals surface area contributed by atoms with Crippen molar-refractivity contribution in [1.82, 2.24) is 5.32 Å². The Labute approximate surface area is 99.0 Å². The van der Waals surface area contributed by atoms with Crippen molar-refractivity contribution in [2.45, 2.75) is 6.54 Å². The first-order valence-electron chi connectivity index (χ1n) is 4.99. The summed E-state index contributed by atoms with van der Waals surface area (Å²) in [6.07, 6.45) is 4.96. The molecular weight excluding hydrogens is 223 g/mol. The largest absolute Gasteiger partial charge is 0.481 e. The summed E-state index contributed by atoms with van der Waals surface area (Å²) >= 11 is 0. The summed E-state index contributed by atoms with van der Waals surface area (Å²) in [6, 6.07) is 4.35. The van der Waals surface area contributed by atoms with Crippen molar-refractivity contribution in [1.29, 1.82) is 0 Å². The predicted octanol–water partition coefficient (Wildman–Crippen LogP) is 0.413. The van der Waals surface area contributed by atoms with E-state index in [0.29, 0.717) is 5.56 Å². The highest BCUT2D eigenvalue weighted by Gasteiger charge is 2.06. The van der Waals surface area contributed by atoms with Crippen LogP contribution in [0.3, 0.4) is 0 Å². The zero-order valence-electron chi connectivity index (χ0n) is 9.20. The van der Waals surface area contributed by atoms with Crippen LogP contribution in [0, 0.1) is 18.2 Å². The number of nitrogens with one attached hydrogen (secondary N) is 1. The van der Waals surface area contributed by atoms with Gasteiger partial charge in [-0.05, 0) is 17.7 Å². The molecular formula is C12H13FN2O2. The summed E-state index contributed by atoms with van der Waals surface area (Å²) in [6.45, 7) is 0.0945. The minimum Gasteiger partial charge on any atom is -0.481 e. The second-order valence-corrected chi connectivity index (χ2v) is 3.24. The summed E-state index contributed by atoms with van der Waals surface area (Å²) in [7, 11) is 0. The summed E-state index contributed by atoms with van der Waals surface area (Å²) in [5.41, 5.74) is 6.01. The predicted molar refractivity (Wildman–Crippen MR) is 61.6 cm³/mol. The van der Waals surface area contributed by atoms with E-state index >= 15 is 0 Å². The van der Waals surface area contributed by atoms with Crippen molar-refractivity contribution in [2.24, 2.45) is 5.73 Å².